The minimum absolute atomic E-state index is 0.0368. The Morgan fingerprint density at radius 2 is 1.93 bits per heavy atom. The van der Waals surface area contributed by atoms with Crippen LogP contribution in [0.15, 0.2) is 36.4 Å². The zero-order chi connectivity index (χ0) is 19.9. The SMILES string of the molecule is O=C(Nc1ccccc1F)N[C@H]1C=C[C@H](CC(=O)N2CCCCC2)O[C@@H]1CO. The van der Waals surface area contributed by atoms with E-state index in [1.807, 2.05) is 4.90 Å². The van der Waals surface area contributed by atoms with Crippen LogP contribution in [0, 0.1) is 5.82 Å². The van der Waals surface area contributed by atoms with Crippen molar-refractivity contribution >= 4 is 17.6 Å². The Labute approximate surface area is 163 Å². The third-order valence-corrected chi connectivity index (χ3v) is 4.97. The lowest BCUT2D eigenvalue weighted by Gasteiger charge is -2.33. The first kappa shape index (κ1) is 20.3. The zero-order valence-corrected chi connectivity index (χ0v) is 15.6. The number of aliphatic hydroxyl groups excluding tert-OH is 1. The molecule has 2 aliphatic rings. The number of urea groups is 1. The van der Waals surface area contributed by atoms with Crippen molar-refractivity contribution in [3.05, 3.63) is 42.2 Å². The van der Waals surface area contributed by atoms with Crippen LogP contribution in [0.1, 0.15) is 25.7 Å². The van der Waals surface area contributed by atoms with Crippen LogP contribution in [0.4, 0.5) is 14.9 Å². The van der Waals surface area contributed by atoms with E-state index in [4.69, 9.17) is 4.74 Å². The number of likely N-dealkylation sites (tertiary alicyclic amines) is 1. The van der Waals surface area contributed by atoms with Crippen molar-refractivity contribution in [2.24, 2.45) is 0 Å². The molecule has 0 spiro atoms. The molecule has 3 rings (SSSR count). The van der Waals surface area contributed by atoms with E-state index in [2.05, 4.69) is 10.6 Å². The van der Waals surface area contributed by atoms with Gasteiger partial charge >= 0.3 is 6.03 Å². The van der Waals surface area contributed by atoms with Crippen LogP contribution in [-0.2, 0) is 9.53 Å². The summed E-state index contributed by atoms with van der Waals surface area (Å²) in [6.45, 7) is 1.24. The molecule has 3 atom stereocenters. The molecule has 0 bridgehead atoms. The standard InChI is InChI=1S/C20H26FN3O4/c21-15-6-2-3-7-16(15)22-20(27)23-17-9-8-14(28-18(17)13-25)12-19(26)24-10-4-1-5-11-24/h2-3,6-9,14,17-18,25H,1,4-5,10-13H2,(H2,22,23,27)/t14-,17+,18-/m1/s1. The largest absolute Gasteiger partial charge is 0.394 e. The number of carbonyl (C=O) groups excluding carboxylic acids is 2. The third kappa shape index (κ3) is 5.30. The van der Waals surface area contributed by atoms with E-state index in [9.17, 15) is 19.1 Å². The molecule has 3 amide bonds. The van der Waals surface area contributed by atoms with Gasteiger partial charge in [0.1, 0.15) is 11.9 Å². The van der Waals surface area contributed by atoms with Crippen LogP contribution < -0.4 is 10.6 Å². The second-order valence-electron chi connectivity index (χ2n) is 7.03. The van der Waals surface area contributed by atoms with Crippen molar-refractivity contribution < 1.29 is 23.8 Å². The normalized spacial score (nSPS) is 24.6. The van der Waals surface area contributed by atoms with E-state index in [1.165, 1.54) is 18.2 Å². The third-order valence-electron chi connectivity index (χ3n) is 4.97. The lowest BCUT2D eigenvalue weighted by atomic mass is 10.0. The maximum Gasteiger partial charge on any atom is 0.319 e. The predicted molar refractivity (Wildman–Crippen MR) is 102 cm³/mol. The highest BCUT2D eigenvalue weighted by atomic mass is 19.1. The number of piperidine rings is 1. The molecular formula is C20H26FN3O4. The van der Waals surface area contributed by atoms with E-state index in [0.717, 1.165) is 32.4 Å². The number of carbonyl (C=O) groups is 2. The second-order valence-corrected chi connectivity index (χ2v) is 7.03. The van der Waals surface area contributed by atoms with Gasteiger partial charge in [-0.05, 0) is 31.4 Å². The van der Waals surface area contributed by atoms with Crippen molar-refractivity contribution in [3.8, 4) is 0 Å². The zero-order valence-electron chi connectivity index (χ0n) is 15.6. The molecule has 8 heteroatoms. The van der Waals surface area contributed by atoms with Crippen molar-refractivity contribution in [2.45, 2.75) is 43.9 Å². The Hall–Kier alpha value is -2.45. The number of nitrogens with zero attached hydrogens (tertiary/aromatic N) is 1. The lowest BCUT2D eigenvalue weighted by molar-refractivity contribution is -0.136. The van der Waals surface area contributed by atoms with E-state index >= 15 is 0 Å². The molecule has 3 N–H and O–H groups in total. The first-order valence-electron chi connectivity index (χ1n) is 9.61. The molecule has 1 saturated heterocycles. The van der Waals surface area contributed by atoms with Gasteiger partial charge in [-0.3, -0.25) is 4.79 Å². The molecule has 2 aliphatic heterocycles. The predicted octanol–water partition coefficient (Wildman–Crippen LogP) is 2.03. The molecular weight excluding hydrogens is 365 g/mol. The molecule has 1 aromatic rings. The summed E-state index contributed by atoms with van der Waals surface area (Å²) in [7, 11) is 0. The number of aliphatic hydroxyl groups is 1. The van der Waals surface area contributed by atoms with Crippen LogP contribution in [0.2, 0.25) is 0 Å². The summed E-state index contributed by atoms with van der Waals surface area (Å²) in [6.07, 6.45) is 5.71. The molecule has 0 saturated carbocycles. The number of benzene rings is 1. The summed E-state index contributed by atoms with van der Waals surface area (Å²) >= 11 is 0. The molecule has 1 aromatic carbocycles. The first-order chi connectivity index (χ1) is 13.6. The Balaban J connectivity index is 1.54. The average Bonchev–Trinajstić information content (AvgIpc) is 2.71. The monoisotopic (exact) mass is 391 g/mol. The summed E-state index contributed by atoms with van der Waals surface area (Å²) < 4.78 is 19.4. The van der Waals surface area contributed by atoms with Crippen LogP contribution in [-0.4, -0.2) is 59.9 Å². The van der Waals surface area contributed by atoms with Crippen LogP contribution in [0.5, 0.6) is 0 Å². The van der Waals surface area contributed by atoms with Gasteiger partial charge in [-0.25, -0.2) is 9.18 Å². The number of para-hydroxylation sites is 1. The Bertz CT molecular complexity index is 721. The summed E-state index contributed by atoms with van der Waals surface area (Å²) in [4.78, 5) is 26.4. The minimum atomic E-state index is -0.685. The van der Waals surface area contributed by atoms with Gasteiger partial charge in [0, 0.05) is 13.1 Å². The van der Waals surface area contributed by atoms with Gasteiger partial charge in [-0.1, -0.05) is 24.3 Å². The summed E-state index contributed by atoms with van der Waals surface area (Å²) in [5, 5.41) is 14.7. The number of halogens is 1. The van der Waals surface area contributed by atoms with E-state index in [1.54, 1.807) is 18.2 Å². The molecule has 2 heterocycles. The second kappa shape index (κ2) is 9.66. The van der Waals surface area contributed by atoms with Crippen LogP contribution >= 0.6 is 0 Å². The minimum Gasteiger partial charge on any atom is -0.394 e. The maximum atomic E-state index is 13.6. The Morgan fingerprint density at radius 1 is 1.18 bits per heavy atom. The number of hydrogen-bond donors (Lipinski definition) is 3. The lowest BCUT2D eigenvalue weighted by Crippen LogP contribution is -2.50. The maximum absolute atomic E-state index is 13.6. The highest BCUT2D eigenvalue weighted by molar-refractivity contribution is 5.89. The fraction of sp³-hybridized carbons (Fsp3) is 0.500. The van der Waals surface area contributed by atoms with Gasteiger partial charge in [-0.2, -0.15) is 0 Å². The summed E-state index contributed by atoms with van der Waals surface area (Å²) in [5.41, 5.74) is 0.0614. The summed E-state index contributed by atoms with van der Waals surface area (Å²) in [5.74, 6) is -0.502. The molecule has 28 heavy (non-hydrogen) atoms. The molecule has 152 valence electrons. The van der Waals surface area contributed by atoms with Crippen LogP contribution in [0.3, 0.4) is 0 Å². The van der Waals surface area contributed by atoms with E-state index in [0.29, 0.717) is 0 Å². The van der Waals surface area contributed by atoms with Gasteiger partial charge in [0.25, 0.3) is 0 Å². The van der Waals surface area contributed by atoms with Crippen LogP contribution in [0.25, 0.3) is 0 Å². The number of nitrogens with one attached hydrogen (secondary N) is 2. The highest BCUT2D eigenvalue weighted by Gasteiger charge is 2.30. The van der Waals surface area contributed by atoms with E-state index < -0.39 is 30.1 Å². The highest BCUT2D eigenvalue weighted by Crippen LogP contribution is 2.19. The van der Waals surface area contributed by atoms with Crippen molar-refractivity contribution in [2.75, 3.05) is 25.0 Å². The quantitative estimate of drug-likeness (QED) is 0.670. The fourth-order valence-corrected chi connectivity index (χ4v) is 3.45. The molecule has 0 aliphatic carbocycles. The number of rotatable bonds is 5. The molecule has 1 fully saturated rings. The number of amides is 3. The van der Waals surface area contributed by atoms with Crippen molar-refractivity contribution in [1.29, 1.82) is 0 Å². The van der Waals surface area contributed by atoms with Gasteiger partial charge in [0.05, 0.1) is 30.9 Å². The number of ether oxygens (including phenoxy) is 1. The fourth-order valence-electron chi connectivity index (χ4n) is 3.45. The first-order valence-corrected chi connectivity index (χ1v) is 9.61. The van der Waals surface area contributed by atoms with Crippen molar-refractivity contribution in [3.63, 3.8) is 0 Å². The van der Waals surface area contributed by atoms with Gasteiger partial charge in [0.15, 0.2) is 0 Å². The van der Waals surface area contributed by atoms with Gasteiger partial charge in [-0.15, -0.1) is 0 Å². The number of anilines is 1. The molecule has 7 nitrogen and oxygen atoms in total. The number of hydrogen-bond acceptors (Lipinski definition) is 4. The average molecular weight is 391 g/mol. The van der Waals surface area contributed by atoms with Gasteiger partial charge in [0.2, 0.25) is 5.91 Å². The molecule has 0 unspecified atom stereocenters. The van der Waals surface area contributed by atoms with E-state index in [-0.39, 0.29) is 24.6 Å². The molecule has 0 radical (unpaired) electrons. The topological polar surface area (TPSA) is 90.9 Å². The Morgan fingerprint density at radius 3 is 2.64 bits per heavy atom. The molecule has 0 aromatic heterocycles. The Kier molecular flexibility index (Phi) is 7.00. The summed E-state index contributed by atoms with van der Waals surface area (Å²) in [6, 6.07) is 4.65. The van der Waals surface area contributed by atoms with Crippen molar-refractivity contribution in [1.82, 2.24) is 10.2 Å². The van der Waals surface area contributed by atoms with Gasteiger partial charge < -0.3 is 25.4 Å². The smallest absolute Gasteiger partial charge is 0.319 e.